The van der Waals surface area contributed by atoms with Crippen LogP contribution in [0.4, 0.5) is 10.2 Å². The number of halogens is 1. The van der Waals surface area contributed by atoms with E-state index in [1.54, 1.807) is 19.4 Å². The number of pyridine rings is 1. The van der Waals surface area contributed by atoms with Gasteiger partial charge in [0.1, 0.15) is 0 Å². The number of hydrogen-bond acceptors (Lipinski definition) is 3. The Morgan fingerprint density at radius 1 is 1.62 bits per heavy atom. The predicted molar refractivity (Wildman–Crippen MR) is 61.0 cm³/mol. The molecule has 88 valence electrons. The highest BCUT2D eigenvalue weighted by Gasteiger charge is 2.35. The van der Waals surface area contributed by atoms with Gasteiger partial charge in [0, 0.05) is 31.8 Å². The number of rotatable bonds is 3. The van der Waals surface area contributed by atoms with Crippen molar-refractivity contribution in [2.75, 3.05) is 31.7 Å². The number of ether oxygens (including phenoxy) is 1. The van der Waals surface area contributed by atoms with Crippen molar-refractivity contribution in [2.45, 2.75) is 13.3 Å². The molecule has 0 bridgehead atoms. The van der Waals surface area contributed by atoms with E-state index in [-0.39, 0.29) is 11.2 Å². The fourth-order valence-corrected chi connectivity index (χ4v) is 2.28. The second kappa shape index (κ2) is 4.37. The minimum atomic E-state index is -0.246. The zero-order chi connectivity index (χ0) is 11.6. The van der Waals surface area contributed by atoms with E-state index < -0.39 is 0 Å². The van der Waals surface area contributed by atoms with Gasteiger partial charge in [-0.3, -0.25) is 0 Å². The molecule has 1 aromatic rings. The average Bonchev–Trinajstić information content (AvgIpc) is 2.62. The molecule has 1 atom stereocenters. The molecule has 1 saturated heterocycles. The monoisotopic (exact) mass is 224 g/mol. The molecule has 4 heteroatoms. The number of anilines is 1. The maximum Gasteiger partial charge on any atom is 0.165 e. The summed E-state index contributed by atoms with van der Waals surface area (Å²) >= 11 is 0. The second-order valence-corrected chi connectivity index (χ2v) is 4.72. The maximum atomic E-state index is 13.5. The Bertz CT molecular complexity index is 372. The van der Waals surface area contributed by atoms with E-state index in [1.807, 2.05) is 4.90 Å². The Balaban J connectivity index is 2.12. The second-order valence-electron chi connectivity index (χ2n) is 4.72. The van der Waals surface area contributed by atoms with Crippen LogP contribution in [0.25, 0.3) is 0 Å². The van der Waals surface area contributed by atoms with Crippen molar-refractivity contribution < 1.29 is 9.13 Å². The molecule has 1 aromatic heterocycles. The third-order valence-corrected chi connectivity index (χ3v) is 3.09. The lowest BCUT2D eigenvalue weighted by Gasteiger charge is -2.24. The molecule has 0 aliphatic carbocycles. The zero-order valence-corrected chi connectivity index (χ0v) is 9.74. The molecule has 2 heterocycles. The third kappa shape index (κ3) is 2.16. The molecule has 0 aromatic carbocycles. The lowest BCUT2D eigenvalue weighted by molar-refractivity contribution is 0.106. The molecule has 0 N–H and O–H groups in total. The summed E-state index contributed by atoms with van der Waals surface area (Å²) in [4.78, 5) is 6.09. The first-order valence-corrected chi connectivity index (χ1v) is 5.49. The predicted octanol–water partition coefficient (Wildman–Crippen LogP) is 2.08. The first-order chi connectivity index (χ1) is 7.64. The van der Waals surface area contributed by atoms with Gasteiger partial charge in [-0.2, -0.15) is 0 Å². The van der Waals surface area contributed by atoms with E-state index in [4.69, 9.17) is 4.74 Å². The van der Waals surface area contributed by atoms with E-state index in [0.717, 1.165) is 19.5 Å². The smallest absolute Gasteiger partial charge is 0.165 e. The molecule has 1 aliphatic rings. The zero-order valence-electron chi connectivity index (χ0n) is 9.74. The Labute approximate surface area is 95.2 Å². The largest absolute Gasteiger partial charge is 0.384 e. The fraction of sp³-hybridized carbons (Fsp3) is 0.583. The number of nitrogens with zero attached hydrogens (tertiary/aromatic N) is 2. The van der Waals surface area contributed by atoms with Crippen LogP contribution in [0.1, 0.15) is 13.3 Å². The van der Waals surface area contributed by atoms with Crippen molar-refractivity contribution in [2.24, 2.45) is 5.41 Å². The highest BCUT2D eigenvalue weighted by atomic mass is 19.1. The summed E-state index contributed by atoms with van der Waals surface area (Å²) < 4.78 is 18.7. The Kier molecular flexibility index (Phi) is 3.10. The van der Waals surface area contributed by atoms with Crippen LogP contribution in [0.15, 0.2) is 18.3 Å². The molecule has 0 amide bonds. The lowest BCUT2D eigenvalue weighted by atomic mass is 9.91. The van der Waals surface area contributed by atoms with E-state index >= 15 is 0 Å². The molecule has 2 rings (SSSR count). The van der Waals surface area contributed by atoms with Gasteiger partial charge in [-0.25, -0.2) is 9.37 Å². The van der Waals surface area contributed by atoms with Crippen LogP contribution in [-0.2, 0) is 4.74 Å². The van der Waals surface area contributed by atoms with Crippen molar-refractivity contribution in [3.8, 4) is 0 Å². The molecule has 16 heavy (non-hydrogen) atoms. The molecule has 0 unspecified atom stereocenters. The lowest BCUT2D eigenvalue weighted by Crippen LogP contribution is -2.29. The van der Waals surface area contributed by atoms with Gasteiger partial charge >= 0.3 is 0 Å². The van der Waals surface area contributed by atoms with Gasteiger partial charge in [-0.15, -0.1) is 0 Å². The van der Waals surface area contributed by atoms with Crippen LogP contribution in [0.3, 0.4) is 0 Å². The minimum absolute atomic E-state index is 0.110. The molecule has 0 radical (unpaired) electrons. The van der Waals surface area contributed by atoms with E-state index in [0.29, 0.717) is 12.4 Å². The first kappa shape index (κ1) is 11.3. The third-order valence-electron chi connectivity index (χ3n) is 3.09. The van der Waals surface area contributed by atoms with Crippen LogP contribution in [0.5, 0.6) is 0 Å². The molecule has 1 fully saturated rings. The molecule has 0 spiro atoms. The number of methoxy groups -OCH3 is 1. The van der Waals surface area contributed by atoms with E-state index in [1.165, 1.54) is 6.07 Å². The summed E-state index contributed by atoms with van der Waals surface area (Å²) in [5, 5.41) is 0. The van der Waals surface area contributed by atoms with Crippen LogP contribution in [0, 0.1) is 11.2 Å². The summed E-state index contributed by atoms with van der Waals surface area (Å²) in [6.07, 6.45) is 2.64. The van der Waals surface area contributed by atoms with Crippen molar-refractivity contribution >= 4 is 5.82 Å². The Morgan fingerprint density at radius 2 is 2.44 bits per heavy atom. The molecular formula is C12H17FN2O. The van der Waals surface area contributed by atoms with Crippen molar-refractivity contribution in [1.29, 1.82) is 0 Å². The average molecular weight is 224 g/mol. The van der Waals surface area contributed by atoms with Crippen LogP contribution in [0.2, 0.25) is 0 Å². The van der Waals surface area contributed by atoms with Gasteiger partial charge in [0.05, 0.1) is 6.61 Å². The van der Waals surface area contributed by atoms with Gasteiger partial charge in [-0.1, -0.05) is 6.92 Å². The normalized spacial score (nSPS) is 25.1. The highest BCUT2D eigenvalue weighted by molar-refractivity contribution is 5.41. The highest BCUT2D eigenvalue weighted by Crippen LogP contribution is 2.33. The Morgan fingerprint density at radius 3 is 3.12 bits per heavy atom. The molecule has 0 saturated carbocycles. The SMILES string of the molecule is COC[C@]1(C)CCN(c2ncccc2F)C1. The van der Waals surface area contributed by atoms with Gasteiger partial charge in [0.25, 0.3) is 0 Å². The topological polar surface area (TPSA) is 25.4 Å². The van der Waals surface area contributed by atoms with Gasteiger partial charge in [0.2, 0.25) is 0 Å². The molecule has 1 aliphatic heterocycles. The van der Waals surface area contributed by atoms with Crippen molar-refractivity contribution in [1.82, 2.24) is 4.98 Å². The van der Waals surface area contributed by atoms with Gasteiger partial charge < -0.3 is 9.64 Å². The summed E-state index contributed by atoms with van der Waals surface area (Å²) in [6.45, 7) is 4.51. The molecule has 3 nitrogen and oxygen atoms in total. The minimum Gasteiger partial charge on any atom is -0.384 e. The van der Waals surface area contributed by atoms with Crippen LogP contribution < -0.4 is 4.90 Å². The van der Waals surface area contributed by atoms with Gasteiger partial charge in [-0.05, 0) is 18.6 Å². The summed E-state index contributed by atoms with van der Waals surface area (Å²) in [5.74, 6) is 0.214. The van der Waals surface area contributed by atoms with E-state index in [2.05, 4.69) is 11.9 Å². The Hall–Kier alpha value is -1.16. The summed E-state index contributed by atoms with van der Waals surface area (Å²) in [6, 6.07) is 3.07. The maximum absolute atomic E-state index is 13.5. The van der Waals surface area contributed by atoms with E-state index in [9.17, 15) is 4.39 Å². The first-order valence-electron chi connectivity index (χ1n) is 5.49. The summed E-state index contributed by atoms with van der Waals surface area (Å²) in [5.41, 5.74) is 0.110. The van der Waals surface area contributed by atoms with Crippen LogP contribution in [-0.4, -0.2) is 31.8 Å². The number of aromatic nitrogens is 1. The fourth-order valence-electron chi connectivity index (χ4n) is 2.28. The standard InChI is InChI=1S/C12H17FN2O/c1-12(9-16-2)5-7-15(8-12)11-10(13)4-3-6-14-11/h3-4,6H,5,7-9H2,1-2H3/t12-/m1/s1. The van der Waals surface area contributed by atoms with Crippen molar-refractivity contribution in [3.05, 3.63) is 24.1 Å². The van der Waals surface area contributed by atoms with Gasteiger partial charge in [0.15, 0.2) is 11.6 Å². The number of hydrogen-bond donors (Lipinski definition) is 0. The van der Waals surface area contributed by atoms with Crippen LogP contribution >= 0.6 is 0 Å². The quantitative estimate of drug-likeness (QED) is 0.786. The van der Waals surface area contributed by atoms with Crippen molar-refractivity contribution in [3.63, 3.8) is 0 Å². The summed E-state index contributed by atoms with van der Waals surface area (Å²) in [7, 11) is 1.70. The molecular weight excluding hydrogens is 207 g/mol.